The predicted molar refractivity (Wildman–Crippen MR) is 88.4 cm³/mol. The number of nitrogens with zero attached hydrogens (tertiary/aromatic N) is 3. The monoisotopic (exact) mass is 313 g/mol. The van der Waals surface area contributed by atoms with E-state index in [1.807, 2.05) is 19.1 Å². The van der Waals surface area contributed by atoms with Crippen LogP contribution in [0.15, 0.2) is 29.4 Å². The molecule has 23 heavy (non-hydrogen) atoms. The summed E-state index contributed by atoms with van der Waals surface area (Å²) in [4.78, 5) is 14.7. The van der Waals surface area contributed by atoms with Gasteiger partial charge in [0.2, 0.25) is 5.91 Å². The van der Waals surface area contributed by atoms with E-state index in [-0.39, 0.29) is 18.0 Å². The number of benzene rings is 1. The highest BCUT2D eigenvalue weighted by atomic mass is 16.5. The van der Waals surface area contributed by atoms with Crippen molar-refractivity contribution in [2.75, 3.05) is 19.7 Å². The van der Waals surface area contributed by atoms with E-state index >= 15 is 0 Å². The topological polar surface area (TPSA) is 45.1 Å². The van der Waals surface area contributed by atoms with Crippen molar-refractivity contribution in [3.63, 3.8) is 0 Å². The van der Waals surface area contributed by atoms with E-state index in [1.54, 1.807) is 11.9 Å². The second-order valence-corrected chi connectivity index (χ2v) is 6.59. The molecule has 0 radical (unpaired) electrons. The standard InChI is InChI=1S/C18H23N3O2/c1-3-23-15-6-4-5-14(11-15)17-18-16(19-21(17)12(2)22)13-7-9-20(18)10-8-13/h4-6,11,13,17-18H,3,7-10H2,1-2H3. The molecule has 1 aromatic carbocycles. The summed E-state index contributed by atoms with van der Waals surface area (Å²) >= 11 is 0. The summed E-state index contributed by atoms with van der Waals surface area (Å²) in [5, 5.41) is 6.44. The molecule has 0 spiro atoms. The average Bonchev–Trinajstić information content (AvgIpc) is 2.99. The maximum atomic E-state index is 12.2. The number of hydrazone groups is 1. The van der Waals surface area contributed by atoms with Crippen LogP contribution in [0.25, 0.3) is 0 Å². The molecule has 0 aromatic heterocycles. The normalized spacial score (nSPS) is 31.7. The van der Waals surface area contributed by atoms with Crippen molar-refractivity contribution in [1.82, 2.24) is 9.91 Å². The van der Waals surface area contributed by atoms with Gasteiger partial charge in [-0.15, -0.1) is 0 Å². The van der Waals surface area contributed by atoms with Crippen molar-refractivity contribution in [2.45, 2.75) is 38.8 Å². The summed E-state index contributed by atoms with van der Waals surface area (Å²) in [5.74, 6) is 1.42. The molecule has 122 valence electrons. The fourth-order valence-corrected chi connectivity index (χ4v) is 4.27. The van der Waals surface area contributed by atoms with Gasteiger partial charge in [0.05, 0.1) is 18.4 Å². The maximum Gasteiger partial charge on any atom is 0.240 e. The second-order valence-electron chi connectivity index (χ2n) is 6.59. The third kappa shape index (κ3) is 2.34. The zero-order valence-corrected chi connectivity index (χ0v) is 13.7. The van der Waals surface area contributed by atoms with E-state index in [2.05, 4.69) is 17.0 Å². The van der Waals surface area contributed by atoms with E-state index < -0.39 is 0 Å². The summed E-state index contributed by atoms with van der Waals surface area (Å²) in [6, 6.07) is 8.34. The Morgan fingerprint density at radius 3 is 2.78 bits per heavy atom. The molecule has 2 unspecified atom stereocenters. The molecule has 0 saturated carbocycles. The fraction of sp³-hybridized carbons (Fsp3) is 0.556. The highest BCUT2D eigenvalue weighted by Gasteiger charge is 2.50. The molecule has 3 saturated heterocycles. The van der Waals surface area contributed by atoms with Crippen molar-refractivity contribution in [3.8, 4) is 5.75 Å². The molecule has 5 heteroatoms. The van der Waals surface area contributed by atoms with Gasteiger partial charge in [0.25, 0.3) is 0 Å². The second kappa shape index (κ2) is 5.64. The van der Waals surface area contributed by atoms with Crippen LogP contribution in [0.4, 0.5) is 0 Å². The van der Waals surface area contributed by atoms with Gasteiger partial charge in [-0.25, -0.2) is 5.01 Å². The molecule has 1 aromatic rings. The minimum atomic E-state index is -0.0222. The van der Waals surface area contributed by atoms with Crippen LogP contribution in [0.3, 0.4) is 0 Å². The lowest BCUT2D eigenvalue weighted by Gasteiger charge is -2.46. The van der Waals surface area contributed by atoms with Gasteiger partial charge in [-0.2, -0.15) is 5.10 Å². The molecule has 1 amide bonds. The van der Waals surface area contributed by atoms with Crippen molar-refractivity contribution in [3.05, 3.63) is 29.8 Å². The van der Waals surface area contributed by atoms with E-state index in [4.69, 9.17) is 9.84 Å². The molecule has 4 heterocycles. The molecule has 5 rings (SSSR count). The Hall–Kier alpha value is -1.88. The zero-order chi connectivity index (χ0) is 16.0. The number of carbonyl (C=O) groups excluding carboxylic acids is 1. The Morgan fingerprint density at radius 1 is 1.30 bits per heavy atom. The van der Waals surface area contributed by atoms with Crippen molar-refractivity contribution in [2.24, 2.45) is 11.0 Å². The van der Waals surface area contributed by atoms with Crippen molar-refractivity contribution in [1.29, 1.82) is 0 Å². The molecule has 5 nitrogen and oxygen atoms in total. The number of rotatable bonds is 3. The summed E-state index contributed by atoms with van der Waals surface area (Å²) in [6.45, 7) is 6.46. The lowest BCUT2D eigenvalue weighted by molar-refractivity contribution is -0.131. The number of ether oxygens (including phenoxy) is 1. The highest BCUT2D eigenvalue weighted by molar-refractivity contribution is 5.97. The summed E-state index contributed by atoms with van der Waals surface area (Å²) < 4.78 is 5.65. The lowest BCUT2D eigenvalue weighted by Crippen LogP contribution is -2.56. The number of piperidine rings is 3. The molecule has 4 aliphatic rings. The van der Waals surface area contributed by atoms with E-state index in [9.17, 15) is 4.79 Å². The first-order chi connectivity index (χ1) is 11.2. The van der Waals surface area contributed by atoms with Gasteiger partial charge >= 0.3 is 0 Å². The third-order valence-electron chi connectivity index (χ3n) is 5.26. The van der Waals surface area contributed by atoms with Crippen LogP contribution >= 0.6 is 0 Å². The molecule has 2 atom stereocenters. The Balaban J connectivity index is 1.74. The highest BCUT2D eigenvalue weighted by Crippen LogP contribution is 2.43. The number of hydrogen-bond acceptors (Lipinski definition) is 4. The SMILES string of the molecule is CCOc1cccc(C2C3C(=NN2C(C)=O)C2CCN3CC2)c1. The summed E-state index contributed by atoms with van der Waals surface area (Å²) in [5.41, 5.74) is 2.33. The number of hydrogen-bond donors (Lipinski definition) is 0. The third-order valence-corrected chi connectivity index (χ3v) is 5.26. The Bertz CT molecular complexity index is 649. The largest absolute Gasteiger partial charge is 0.494 e. The van der Waals surface area contributed by atoms with Crippen LogP contribution in [0.1, 0.15) is 38.3 Å². The van der Waals surface area contributed by atoms with Gasteiger partial charge in [0, 0.05) is 12.8 Å². The molecule has 4 aliphatic heterocycles. The Kier molecular flexibility index (Phi) is 3.60. The van der Waals surface area contributed by atoms with Gasteiger partial charge in [0.15, 0.2) is 0 Å². The van der Waals surface area contributed by atoms with Crippen LogP contribution in [0, 0.1) is 5.92 Å². The van der Waals surface area contributed by atoms with Crippen molar-refractivity contribution >= 4 is 11.6 Å². The van der Waals surface area contributed by atoms with Crippen LogP contribution in [0.2, 0.25) is 0 Å². The minimum Gasteiger partial charge on any atom is -0.494 e. The summed E-state index contributed by atoms with van der Waals surface area (Å²) in [7, 11) is 0. The quantitative estimate of drug-likeness (QED) is 0.861. The molecule has 3 fully saturated rings. The average molecular weight is 313 g/mol. The number of amides is 1. The van der Waals surface area contributed by atoms with Gasteiger partial charge in [-0.05, 0) is 50.6 Å². The minimum absolute atomic E-state index is 0.0133. The molecular formula is C18H23N3O2. The Labute approximate surface area is 136 Å². The number of carbonyl (C=O) groups is 1. The molecule has 2 bridgehead atoms. The van der Waals surface area contributed by atoms with Gasteiger partial charge in [-0.3, -0.25) is 9.69 Å². The number of fused-ring (bicyclic) bond motifs is 2. The maximum absolute atomic E-state index is 12.2. The zero-order valence-electron chi connectivity index (χ0n) is 13.7. The van der Waals surface area contributed by atoms with Crippen LogP contribution in [-0.4, -0.2) is 47.3 Å². The summed E-state index contributed by atoms with van der Waals surface area (Å²) in [6.07, 6.45) is 2.35. The first-order valence-electron chi connectivity index (χ1n) is 8.54. The first kappa shape index (κ1) is 14.7. The van der Waals surface area contributed by atoms with E-state index in [0.29, 0.717) is 12.5 Å². The lowest BCUT2D eigenvalue weighted by atomic mass is 9.78. The Morgan fingerprint density at radius 2 is 2.09 bits per heavy atom. The van der Waals surface area contributed by atoms with Gasteiger partial charge < -0.3 is 4.74 Å². The van der Waals surface area contributed by atoms with Crippen LogP contribution in [0.5, 0.6) is 5.75 Å². The molecular weight excluding hydrogens is 290 g/mol. The van der Waals surface area contributed by atoms with Crippen LogP contribution in [-0.2, 0) is 4.79 Å². The predicted octanol–water partition coefficient (Wildman–Crippen LogP) is 2.44. The fourth-order valence-electron chi connectivity index (χ4n) is 4.27. The van der Waals surface area contributed by atoms with Crippen LogP contribution < -0.4 is 4.74 Å². The van der Waals surface area contributed by atoms with Gasteiger partial charge in [-0.1, -0.05) is 12.1 Å². The van der Waals surface area contributed by atoms with Crippen molar-refractivity contribution < 1.29 is 9.53 Å². The van der Waals surface area contributed by atoms with E-state index in [0.717, 1.165) is 24.4 Å². The molecule has 0 aliphatic carbocycles. The smallest absolute Gasteiger partial charge is 0.240 e. The van der Waals surface area contributed by atoms with Gasteiger partial charge in [0.1, 0.15) is 11.8 Å². The van der Waals surface area contributed by atoms with E-state index in [1.165, 1.54) is 18.6 Å². The molecule has 0 N–H and O–H groups in total. The first-order valence-corrected chi connectivity index (χ1v) is 8.54.